The third-order valence-corrected chi connectivity index (χ3v) is 5.24. The molecule has 1 aromatic heterocycles. The molecule has 1 heterocycles. The van der Waals surface area contributed by atoms with Gasteiger partial charge in [-0.05, 0) is 52.7 Å². The molecule has 0 aliphatic heterocycles. The molecule has 33 heavy (non-hydrogen) atoms. The van der Waals surface area contributed by atoms with Gasteiger partial charge in [-0.15, -0.1) is 8.78 Å². The Kier molecular flexibility index (Phi) is 15.1. The molecule has 0 saturated carbocycles. The number of hydrogen-bond donors (Lipinski definition) is 1. The van der Waals surface area contributed by atoms with E-state index >= 15 is 0 Å². The quantitative estimate of drug-likeness (QED) is 0.348. The van der Waals surface area contributed by atoms with Crippen molar-refractivity contribution in [1.82, 2.24) is 4.98 Å². The van der Waals surface area contributed by atoms with Crippen molar-refractivity contribution >= 4 is 55.7 Å². The van der Waals surface area contributed by atoms with Crippen LogP contribution < -0.4 is 15.0 Å². The second-order valence-electron chi connectivity index (χ2n) is 6.11. The largest absolute Gasteiger partial charge is 0.487 e. The number of halogens is 4. The van der Waals surface area contributed by atoms with E-state index in [0.29, 0.717) is 33.8 Å². The van der Waals surface area contributed by atoms with Gasteiger partial charge < -0.3 is 15.0 Å². The van der Waals surface area contributed by atoms with E-state index < -0.39 is 22.3 Å². The molecule has 0 bridgehead atoms. The van der Waals surface area contributed by atoms with Crippen molar-refractivity contribution in [3.05, 3.63) is 46.6 Å². The Labute approximate surface area is 210 Å². The van der Waals surface area contributed by atoms with Crippen LogP contribution in [0.3, 0.4) is 0 Å². The van der Waals surface area contributed by atoms with Crippen LogP contribution in [0.4, 0.5) is 20.3 Å². The molecule has 6 nitrogen and oxygen atoms in total. The normalized spacial score (nSPS) is 11.2. The van der Waals surface area contributed by atoms with Gasteiger partial charge in [-0.1, -0.05) is 27.7 Å². The number of alkyl halides is 3. The van der Waals surface area contributed by atoms with Crippen molar-refractivity contribution in [3.63, 3.8) is 0 Å². The first-order valence-corrected chi connectivity index (χ1v) is 13.3. The van der Waals surface area contributed by atoms with Crippen molar-refractivity contribution in [2.45, 2.75) is 39.7 Å². The Morgan fingerprint density at radius 1 is 1.24 bits per heavy atom. The van der Waals surface area contributed by atoms with Gasteiger partial charge in [0.1, 0.15) is 11.6 Å². The molecule has 11 heteroatoms. The Hall–Kier alpha value is -1.78. The second-order valence-corrected chi connectivity index (χ2v) is 8.96. The zero-order chi connectivity index (χ0) is 25.6. The molecule has 2 aromatic rings. The fourth-order valence-electron chi connectivity index (χ4n) is 2.39. The van der Waals surface area contributed by atoms with Crippen molar-refractivity contribution in [2.75, 3.05) is 35.8 Å². The molecule has 186 valence electrons. The molecule has 1 N–H and O–H groups in total. The highest BCUT2D eigenvalue weighted by Gasteiger charge is 2.27. The maximum atomic E-state index is 12.6. The number of aromatic nitrogens is 1. The SMILES string of the molecule is CC.CC.CN(CCCS(C)=O)c1ncc(C(=O)Nc2ccc(OC(F)(F)Cl)cc2)cc1Br. The zero-order valence-corrected chi connectivity index (χ0v) is 22.8. The lowest BCUT2D eigenvalue weighted by Gasteiger charge is -2.19. The summed E-state index contributed by atoms with van der Waals surface area (Å²) in [6, 6.07) is 7.00. The predicted octanol–water partition coefficient (Wildman–Crippen LogP) is 6.52. The van der Waals surface area contributed by atoms with Crippen LogP contribution in [0.5, 0.6) is 5.75 Å². The number of nitrogens with one attached hydrogen (secondary N) is 1. The minimum Gasteiger partial charge on any atom is -0.420 e. The number of carbonyl (C=O) groups is 1. The first kappa shape index (κ1) is 31.2. The molecule has 0 aliphatic carbocycles. The summed E-state index contributed by atoms with van der Waals surface area (Å²) >= 11 is 8.13. The standard InChI is InChI=1S/C18H19BrClF2N3O3S.2C2H6/c1-25(8-3-9-29(2)27)16-15(19)10-12(11-23-16)17(26)24-13-4-6-14(7-5-13)28-18(20,21)22;2*1-2/h4-7,10-11H,3,8-9H2,1-2H3,(H,24,26);2*1-2H3. The molecule has 1 atom stereocenters. The van der Waals surface area contributed by atoms with Gasteiger partial charge in [-0.3, -0.25) is 9.00 Å². The van der Waals surface area contributed by atoms with Gasteiger partial charge in [0, 0.05) is 59.9 Å². The average molecular weight is 571 g/mol. The first-order valence-electron chi connectivity index (χ1n) is 10.4. The molecule has 0 spiro atoms. The highest BCUT2D eigenvalue weighted by molar-refractivity contribution is 9.10. The van der Waals surface area contributed by atoms with Crippen LogP contribution in [-0.2, 0) is 10.8 Å². The Morgan fingerprint density at radius 2 is 1.82 bits per heavy atom. The van der Waals surface area contributed by atoms with Crippen LogP contribution in [0.25, 0.3) is 0 Å². The van der Waals surface area contributed by atoms with E-state index in [2.05, 4.69) is 31.0 Å². The fraction of sp³-hybridized carbons (Fsp3) is 0.455. The molecule has 0 fully saturated rings. The molecular weight excluding hydrogens is 540 g/mol. The summed E-state index contributed by atoms with van der Waals surface area (Å²) in [5, 5.41) is 2.65. The summed E-state index contributed by atoms with van der Waals surface area (Å²) in [6.45, 7) is 8.67. The van der Waals surface area contributed by atoms with Crippen LogP contribution in [-0.4, -0.2) is 46.3 Å². The maximum Gasteiger partial charge on any atom is 0.487 e. The Balaban J connectivity index is 0.00000242. The Bertz CT molecular complexity index is 884. The molecule has 1 amide bonds. The fourth-order valence-corrected chi connectivity index (χ4v) is 3.67. The molecule has 0 aliphatic rings. The molecule has 1 unspecified atom stereocenters. The number of amides is 1. The lowest BCUT2D eigenvalue weighted by atomic mass is 10.2. The van der Waals surface area contributed by atoms with E-state index in [9.17, 15) is 17.8 Å². The third kappa shape index (κ3) is 12.3. The summed E-state index contributed by atoms with van der Waals surface area (Å²) < 4.78 is 41.2. The van der Waals surface area contributed by atoms with Crippen molar-refractivity contribution < 1.29 is 22.5 Å². The van der Waals surface area contributed by atoms with Gasteiger partial charge in [0.05, 0.1) is 10.0 Å². The minimum atomic E-state index is -3.80. The van der Waals surface area contributed by atoms with E-state index in [4.69, 9.17) is 11.6 Å². The topological polar surface area (TPSA) is 71.5 Å². The second kappa shape index (κ2) is 16.0. The van der Waals surface area contributed by atoms with Crippen molar-refractivity contribution in [3.8, 4) is 5.75 Å². The highest BCUT2D eigenvalue weighted by atomic mass is 79.9. The first-order chi connectivity index (χ1) is 15.5. The highest BCUT2D eigenvalue weighted by Crippen LogP contribution is 2.27. The van der Waals surface area contributed by atoms with Crippen molar-refractivity contribution in [2.24, 2.45) is 0 Å². The van der Waals surface area contributed by atoms with Crippen LogP contribution in [0.1, 0.15) is 44.5 Å². The smallest absolute Gasteiger partial charge is 0.420 e. The molecular formula is C22H31BrClF2N3O3S. The summed E-state index contributed by atoms with van der Waals surface area (Å²) in [7, 11) is 1.02. The van der Waals surface area contributed by atoms with Crippen LogP contribution in [0, 0.1) is 0 Å². The summed E-state index contributed by atoms with van der Waals surface area (Å²) in [4.78, 5) is 18.6. The van der Waals surface area contributed by atoms with Crippen LogP contribution in [0.2, 0.25) is 0 Å². The third-order valence-electron chi connectivity index (χ3n) is 3.72. The number of carbonyl (C=O) groups excluding carboxylic acids is 1. The van der Waals surface area contributed by atoms with Gasteiger partial charge in [0.15, 0.2) is 0 Å². The zero-order valence-electron chi connectivity index (χ0n) is 19.6. The summed E-state index contributed by atoms with van der Waals surface area (Å²) in [5.41, 5.74) is -3.09. The van der Waals surface area contributed by atoms with Crippen LogP contribution >= 0.6 is 27.5 Å². The average Bonchev–Trinajstić information content (AvgIpc) is 2.76. The number of pyridine rings is 1. The molecule has 1 aromatic carbocycles. The summed E-state index contributed by atoms with van der Waals surface area (Å²) in [5.74, 6) is 0.721. The van der Waals surface area contributed by atoms with Crippen molar-refractivity contribution in [1.29, 1.82) is 0 Å². The van der Waals surface area contributed by atoms with E-state index in [-0.39, 0.29) is 5.75 Å². The lowest BCUT2D eigenvalue weighted by molar-refractivity contribution is -0.0964. The predicted molar refractivity (Wildman–Crippen MR) is 137 cm³/mol. The number of benzene rings is 1. The number of rotatable bonds is 9. The summed E-state index contributed by atoms with van der Waals surface area (Å²) in [6.07, 6.45) is 3.86. The monoisotopic (exact) mass is 569 g/mol. The molecule has 0 radical (unpaired) electrons. The minimum absolute atomic E-state index is 0.133. The van der Waals surface area contributed by atoms with Gasteiger partial charge in [0.2, 0.25) is 0 Å². The number of nitrogens with zero attached hydrogens (tertiary/aromatic N) is 2. The molecule has 2 rings (SSSR count). The maximum absolute atomic E-state index is 12.6. The lowest BCUT2D eigenvalue weighted by Crippen LogP contribution is -2.22. The van der Waals surface area contributed by atoms with Gasteiger partial charge in [-0.25, -0.2) is 4.98 Å². The number of ether oxygens (including phenoxy) is 1. The van der Waals surface area contributed by atoms with E-state index in [1.165, 1.54) is 30.5 Å². The number of hydrogen-bond acceptors (Lipinski definition) is 5. The van der Waals surface area contributed by atoms with E-state index in [1.807, 2.05) is 39.6 Å². The Morgan fingerprint density at radius 3 is 2.30 bits per heavy atom. The number of anilines is 2. The van der Waals surface area contributed by atoms with Gasteiger partial charge in [-0.2, -0.15) is 0 Å². The van der Waals surface area contributed by atoms with Gasteiger partial charge >= 0.3 is 5.57 Å². The molecule has 0 saturated heterocycles. The van der Waals surface area contributed by atoms with Crippen LogP contribution in [0.15, 0.2) is 41.0 Å². The van der Waals surface area contributed by atoms with E-state index in [0.717, 1.165) is 6.42 Å². The van der Waals surface area contributed by atoms with E-state index in [1.54, 1.807) is 12.3 Å². The van der Waals surface area contributed by atoms with Gasteiger partial charge in [0.25, 0.3) is 5.91 Å².